The first kappa shape index (κ1) is 21.7. The first-order valence-electron chi connectivity index (χ1n) is 9.26. The average Bonchev–Trinajstić information content (AvgIpc) is 2.71. The number of ether oxygens (including phenoxy) is 2. The van der Waals surface area contributed by atoms with E-state index >= 15 is 0 Å². The van der Waals surface area contributed by atoms with Crippen LogP contribution in [0.25, 0.3) is 0 Å². The van der Waals surface area contributed by atoms with Gasteiger partial charge in [0.2, 0.25) is 6.29 Å². The van der Waals surface area contributed by atoms with Crippen LogP contribution in [0, 0.1) is 13.8 Å². The van der Waals surface area contributed by atoms with E-state index in [1.54, 1.807) is 18.2 Å². The molecule has 0 aliphatic carbocycles. The molecule has 3 rings (SSSR count). The molecule has 2 aromatic carbocycles. The Kier molecular flexibility index (Phi) is 6.37. The maximum Gasteiger partial charge on any atom is 0.342 e. The summed E-state index contributed by atoms with van der Waals surface area (Å²) in [7, 11) is 0. The number of aliphatic hydroxyl groups is 3. The van der Waals surface area contributed by atoms with E-state index < -0.39 is 42.6 Å². The van der Waals surface area contributed by atoms with Gasteiger partial charge in [0.25, 0.3) is 0 Å². The van der Waals surface area contributed by atoms with Gasteiger partial charge < -0.3 is 35.2 Å². The number of hydrogen-bond acceptors (Lipinski definition) is 8. The molecule has 0 saturated carbocycles. The van der Waals surface area contributed by atoms with Crippen molar-refractivity contribution in [2.75, 3.05) is 5.32 Å². The molecule has 30 heavy (non-hydrogen) atoms. The van der Waals surface area contributed by atoms with Crippen LogP contribution in [0.1, 0.15) is 21.5 Å². The van der Waals surface area contributed by atoms with Crippen LogP contribution in [0.4, 0.5) is 11.4 Å². The van der Waals surface area contributed by atoms with E-state index in [0.29, 0.717) is 5.69 Å². The van der Waals surface area contributed by atoms with Crippen LogP contribution < -0.4 is 5.32 Å². The number of aliphatic hydroxyl groups excluding tert-OH is 3. The molecule has 0 aromatic heterocycles. The van der Waals surface area contributed by atoms with Crippen molar-refractivity contribution in [3.05, 3.63) is 59.2 Å². The smallest absolute Gasteiger partial charge is 0.342 e. The lowest BCUT2D eigenvalue weighted by molar-refractivity contribution is -0.278. The molecule has 160 valence electrons. The number of carboxylic acids is 1. The van der Waals surface area contributed by atoms with Crippen molar-refractivity contribution in [1.29, 1.82) is 0 Å². The Hall–Kier alpha value is -2.98. The highest BCUT2D eigenvalue weighted by Gasteiger charge is 2.48. The molecule has 9 nitrogen and oxygen atoms in total. The minimum atomic E-state index is -1.87. The summed E-state index contributed by atoms with van der Waals surface area (Å²) in [5, 5.41) is 41.9. The third kappa shape index (κ3) is 4.29. The van der Waals surface area contributed by atoms with Gasteiger partial charge in [-0.1, -0.05) is 24.3 Å². The zero-order chi connectivity index (χ0) is 22.0. The largest absolute Gasteiger partial charge is 0.479 e. The van der Waals surface area contributed by atoms with Gasteiger partial charge in [0, 0.05) is 5.69 Å². The lowest BCUT2D eigenvalue weighted by atomic mass is 9.99. The summed E-state index contributed by atoms with van der Waals surface area (Å²) >= 11 is 0. The summed E-state index contributed by atoms with van der Waals surface area (Å²) in [4.78, 5) is 23.9. The van der Waals surface area contributed by atoms with Gasteiger partial charge in [0.1, 0.15) is 18.3 Å². The second-order valence-electron chi connectivity index (χ2n) is 7.06. The number of para-hydroxylation sites is 1. The van der Waals surface area contributed by atoms with Crippen LogP contribution in [0.15, 0.2) is 42.5 Å². The van der Waals surface area contributed by atoms with Crippen LogP contribution in [-0.4, -0.2) is 63.1 Å². The average molecular weight is 417 g/mol. The highest BCUT2D eigenvalue weighted by atomic mass is 16.7. The van der Waals surface area contributed by atoms with Crippen molar-refractivity contribution >= 4 is 23.3 Å². The molecule has 5 atom stereocenters. The number of carbonyl (C=O) groups excluding carboxylic acids is 1. The first-order valence-corrected chi connectivity index (χ1v) is 9.26. The number of anilines is 2. The molecule has 1 fully saturated rings. The maximum absolute atomic E-state index is 12.7. The molecule has 0 spiro atoms. The summed E-state index contributed by atoms with van der Waals surface area (Å²) in [6, 6.07) is 12.2. The van der Waals surface area contributed by atoms with Gasteiger partial charge in [-0.15, -0.1) is 0 Å². The lowest BCUT2D eigenvalue weighted by Crippen LogP contribution is -2.60. The van der Waals surface area contributed by atoms with Crippen molar-refractivity contribution in [1.82, 2.24) is 0 Å². The van der Waals surface area contributed by atoms with Gasteiger partial charge in [-0.25, -0.2) is 9.59 Å². The van der Waals surface area contributed by atoms with Crippen molar-refractivity contribution < 1.29 is 39.5 Å². The summed E-state index contributed by atoms with van der Waals surface area (Å²) in [6.45, 7) is 3.89. The highest BCUT2D eigenvalue weighted by Crippen LogP contribution is 2.28. The Labute approximate surface area is 172 Å². The number of esters is 1. The summed E-state index contributed by atoms with van der Waals surface area (Å²) in [5.41, 5.74) is 3.38. The lowest BCUT2D eigenvalue weighted by Gasteiger charge is -2.38. The van der Waals surface area contributed by atoms with Crippen LogP contribution in [0.5, 0.6) is 0 Å². The Bertz CT molecular complexity index is 946. The molecule has 2 aromatic rings. The Morgan fingerprint density at radius 2 is 1.60 bits per heavy atom. The molecule has 1 aliphatic heterocycles. The molecular weight excluding hydrogens is 394 g/mol. The van der Waals surface area contributed by atoms with Crippen LogP contribution in [0.2, 0.25) is 0 Å². The fourth-order valence-corrected chi connectivity index (χ4v) is 3.12. The number of aryl methyl sites for hydroxylation is 1. The fraction of sp³-hybridized carbons (Fsp3) is 0.333. The minimum absolute atomic E-state index is 0.113. The molecule has 5 N–H and O–H groups in total. The predicted molar refractivity (Wildman–Crippen MR) is 105 cm³/mol. The maximum atomic E-state index is 12.7. The topological polar surface area (TPSA) is 146 Å². The van der Waals surface area contributed by atoms with Crippen molar-refractivity contribution in [2.24, 2.45) is 0 Å². The number of aliphatic carboxylic acids is 1. The zero-order valence-electron chi connectivity index (χ0n) is 16.4. The zero-order valence-corrected chi connectivity index (χ0v) is 16.4. The van der Waals surface area contributed by atoms with Gasteiger partial charge in [-0.05, 0) is 43.2 Å². The van der Waals surface area contributed by atoms with Gasteiger partial charge in [-0.2, -0.15) is 0 Å². The van der Waals surface area contributed by atoms with Crippen LogP contribution >= 0.6 is 0 Å². The molecule has 1 heterocycles. The SMILES string of the molecule is Cc1cccc(Nc2ccccc2C(=O)OC2OC(C(=O)O)C(O)C(O)C2O)c1C. The summed E-state index contributed by atoms with van der Waals surface area (Å²) in [6.07, 6.45) is -9.18. The normalized spacial score (nSPS) is 26.1. The highest BCUT2D eigenvalue weighted by molar-refractivity contribution is 5.96. The monoisotopic (exact) mass is 417 g/mol. The second kappa shape index (κ2) is 8.80. The Morgan fingerprint density at radius 1 is 0.933 bits per heavy atom. The molecule has 0 amide bonds. The Morgan fingerprint density at radius 3 is 2.30 bits per heavy atom. The van der Waals surface area contributed by atoms with E-state index in [2.05, 4.69) is 5.32 Å². The Balaban J connectivity index is 1.82. The number of rotatable bonds is 5. The van der Waals surface area contributed by atoms with E-state index in [-0.39, 0.29) is 5.56 Å². The van der Waals surface area contributed by atoms with E-state index in [0.717, 1.165) is 16.8 Å². The number of benzene rings is 2. The third-order valence-corrected chi connectivity index (χ3v) is 5.06. The van der Waals surface area contributed by atoms with Crippen LogP contribution in [0.3, 0.4) is 0 Å². The number of carbonyl (C=O) groups is 2. The van der Waals surface area contributed by atoms with Crippen molar-refractivity contribution in [3.63, 3.8) is 0 Å². The quantitative estimate of drug-likeness (QED) is 0.451. The molecule has 9 heteroatoms. The second-order valence-corrected chi connectivity index (χ2v) is 7.06. The van der Waals surface area contributed by atoms with E-state index in [9.17, 15) is 24.9 Å². The fourth-order valence-electron chi connectivity index (χ4n) is 3.12. The molecule has 0 radical (unpaired) electrons. The predicted octanol–water partition coefficient (Wildman–Crippen LogP) is 1.10. The summed E-state index contributed by atoms with van der Waals surface area (Å²) < 4.78 is 10.1. The van der Waals surface area contributed by atoms with Crippen molar-refractivity contribution in [2.45, 2.75) is 44.6 Å². The van der Waals surface area contributed by atoms with E-state index in [1.165, 1.54) is 6.07 Å². The number of nitrogens with one attached hydrogen (secondary N) is 1. The third-order valence-electron chi connectivity index (χ3n) is 5.06. The van der Waals surface area contributed by atoms with E-state index in [4.69, 9.17) is 14.6 Å². The van der Waals surface area contributed by atoms with Gasteiger partial charge in [0.15, 0.2) is 6.10 Å². The standard InChI is InChI=1S/C21H23NO8/c1-10-6-5-9-13(11(10)2)22-14-8-4-3-7-12(14)20(28)30-21-17(25)15(23)16(24)18(29-21)19(26)27/h3-9,15-18,21-25H,1-2H3,(H,26,27). The van der Waals surface area contributed by atoms with E-state index in [1.807, 2.05) is 32.0 Å². The van der Waals surface area contributed by atoms with Crippen molar-refractivity contribution in [3.8, 4) is 0 Å². The van der Waals surface area contributed by atoms with Crippen LogP contribution in [-0.2, 0) is 14.3 Å². The molecule has 5 unspecified atom stereocenters. The number of hydrogen-bond donors (Lipinski definition) is 5. The number of carboxylic acid groups (broad SMARTS) is 1. The van der Waals surface area contributed by atoms with Gasteiger partial charge in [-0.3, -0.25) is 0 Å². The first-order chi connectivity index (χ1) is 14.2. The molecule has 1 aliphatic rings. The minimum Gasteiger partial charge on any atom is -0.479 e. The molecule has 1 saturated heterocycles. The summed E-state index contributed by atoms with van der Waals surface area (Å²) in [5.74, 6) is -2.47. The molecule has 0 bridgehead atoms. The molecular formula is C21H23NO8. The van der Waals surface area contributed by atoms with Gasteiger partial charge in [0.05, 0.1) is 11.3 Å². The van der Waals surface area contributed by atoms with Gasteiger partial charge >= 0.3 is 11.9 Å².